The van der Waals surface area contributed by atoms with Crippen molar-refractivity contribution < 1.29 is 0 Å². The molecule has 62 valence electrons. The van der Waals surface area contributed by atoms with Crippen molar-refractivity contribution in [3.05, 3.63) is 41.1 Å². The van der Waals surface area contributed by atoms with E-state index in [4.69, 9.17) is 0 Å². The van der Waals surface area contributed by atoms with Crippen LogP contribution < -0.4 is 5.56 Å². The molecule has 2 heterocycles. The fourth-order valence-corrected chi connectivity index (χ4v) is 1.03. The third-order valence-electron chi connectivity index (χ3n) is 1.58. The van der Waals surface area contributed by atoms with E-state index in [9.17, 15) is 4.79 Å². The van der Waals surface area contributed by atoms with Gasteiger partial charge in [0.1, 0.15) is 0 Å². The van der Waals surface area contributed by atoms with Crippen LogP contribution in [0, 0.1) is 0 Å². The summed E-state index contributed by atoms with van der Waals surface area (Å²) in [6.07, 6.45) is 4.86. The Morgan fingerprint density at radius 3 is 2.92 bits per heavy atom. The molecule has 0 bridgehead atoms. The van der Waals surface area contributed by atoms with E-state index in [2.05, 4.69) is 9.97 Å². The normalized spacial score (nSPS) is 9.33. The Bertz CT molecular complexity index is 433. The molecule has 0 saturated heterocycles. The van der Waals surface area contributed by atoms with Gasteiger partial charge in [0.2, 0.25) is 0 Å². The molecule has 0 aliphatic carbocycles. The highest BCUT2D eigenvalue weighted by molar-refractivity contribution is 5.85. The molecule has 0 radical (unpaired) electrons. The van der Waals surface area contributed by atoms with E-state index in [-0.39, 0.29) is 18.0 Å². The van der Waals surface area contributed by atoms with Crippen molar-refractivity contribution in [2.45, 2.75) is 0 Å². The number of aromatic amines is 1. The highest BCUT2D eigenvalue weighted by atomic mass is 35.5. The maximum atomic E-state index is 11.1. The van der Waals surface area contributed by atoms with Crippen LogP contribution in [-0.4, -0.2) is 9.97 Å². The Hall–Kier alpha value is -1.35. The first-order chi connectivity index (χ1) is 5.38. The van der Waals surface area contributed by atoms with Crippen LogP contribution in [0.5, 0.6) is 0 Å². The number of aromatic nitrogens is 2. The van der Waals surface area contributed by atoms with Gasteiger partial charge in [0.25, 0.3) is 5.56 Å². The van der Waals surface area contributed by atoms with Crippen LogP contribution in [0.2, 0.25) is 0 Å². The molecule has 3 nitrogen and oxygen atoms in total. The van der Waals surface area contributed by atoms with Crippen LogP contribution in [0.25, 0.3) is 10.8 Å². The van der Waals surface area contributed by atoms with Gasteiger partial charge in [-0.25, -0.2) is 0 Å². The van der Waals surface area contributed by atoms with Gasteiger partial charge < -0.3 is 4.98 Å². The van der Waals surface area contributed by atoms with Crippen LogP contribution in [0.3, 0.4) is 0 Å². The molecule has 0 fully saturated rings. The average Bonchev–Trinajstić information content (AvgIpc) is 2.06. The molecule has 1 N–H and O–H groups in total. The minimum Gasteiger partial charge on any atom is -0.329 e. The van der Waals surface area contributed by atoms with Gasteiger partial charge >= 0.3 is 0 Å². The van der Waals surface area contributed by atoms with Gasteiger partial charge in [0.05, 0.1) is 5.39 Å². The van der Waals surface area contributed by atoms with Gasteiger partial charge in [-0.1, -0.05) is 0 Å². The molecule has 2 aromatic rings. The number of pyridine rings is 2. The second-order valence-corrected chi connectivity index (χ2v) is 2.27. The zero-order valence-electron chi connectivity index (χ0n) is 6.15. The Morgan fingerprint density at radius 1 is 1.33 bits per heavy atom. The number of nitrogens with one attached hydrogen (secondary N) is 1. The molecule has 2 aromatic heterocycles. The lowest BCUT2D eigenvalue weighted by Crippen LogP contribution is -2.03. The number of nitrogens with zero attached hydrogens (tertiary/aromatic N) is 1. The minimum atomic E-state index is -0.0874. The van der Waals surface area contributed by atoms with E-state index in [1.165, 1.54) is 0 Å². The quantitative estimate of drug-likeness (QED) is 0.669. The van der Waals surface area contributed by atoms with Crippen molar-refractivity contribution in [1.82, 2.24) is 9.97 Å². The van der Waals surface area contributed by atoms with Gasteiger partial charge in [-0.15, -0.1) is 12.4 Å². The topological polar surface area (TPSA) is 45.8 Å². The first-order valence-electron chi connectivity index (χ1n) is 3.29. The highest BCUT2D eigenvalue weighted by Crippen LogP contribution is 2.03. The summed E-state index contributed by atoms with van der Waals surface area (Å²) in [4.78, 5) is 17.5. The number of hydrogen-bond acceptors (Lipinski definition) is 2. The van der Waals surface area contributed by atoms with Crippen molar-refractivity contribution in [1.29, 1.82) is 0 Å². The molecule has 0 amide bonds. The van der Waals surface area contributed by atoms with E-state index in [1.54, 1.807) is 18.6 Å². The molecule has 0 unspecified atom stereocenters. The molecular formula is C8H7ClN2O. The fourth-order valence-electron chi connectivity index (χ4n) is 1.03. The first-order valence-corrected chi connectivity index (χ1v) is 3.29. The van der Waals surface area contributed by atoms with Crippen LogP contribution in [0.1, 0.15) is 0 Å². The Kier molecular flexibility index (Phi) is 2.45. The molecule has 0 saturated carbocycles. The summed E-state index contributed by atoms with van der Waals surface area (Å²) in [5.74, 6) is 0. The maximum Gasteiger partial charge on any atom is 0.257 e. The summed E-state index contributed by atoms with van der Waals surface area (Å²) in [6, 6.07) is 3.66. The summed E-state index contributed by atoms with van der Waals surface area (Å²) in [6.45, 7) is 0. The lowest BCUT2D eigenvalue weighted by atomic mass is 10.2. The van der Waals surface area contributed by atoms with Gasteiger partial charge in [-0.2, -0.15) is 0 Å². The lowest BCUT2D eigenvalue weighted by Gasteiger charge is -1.91. The zero-order valence-corrected chi connectivity index (χ0v) is 6.97. The molecule has 0 spiro atoms. The summed E-state index contributed by atoms with van der Waals surface area (Å²) < 4.78 is 0. The number of halogens is 1. The van der Waals surface area contributed by atoms with Crippen LogP contribution in [0.15, 0.2) is 35.5 Å². The third kappa shape index (κ3) is 1.31. The minimum absolute atomic E-state index is 0. The fraction of sp³-hybridized carbons (Fsp3) is 0. The number of fused-ring (bicyclic) bond motifs is 1. The van der Waals surface area contributed by atoms with Crippen molar-refractivity contribution in [3.63, 3.8) is 0 Å². The maximum absolute atomic E-state index is 11.1. The lowest BCUT2D eigenvalue weighted by molar-refractivity contribution is 1.26. The predicted molar refractivity (Wildman–Crippen MR) is 49.6 cm³/mol. The molecule has 0 aromatic carbocycles. The van der Waals surface area contributed by atoms with E-state index < -0.39 is 0 Å². The Morgan fingerprint density at radius 2 is 2.17 bits per heavy atom. The van der Waals surface area contributed by atoms with E-state index in [0.717, 1.165) is 5.39 Å². The molecule has 0 aliphatic rings. The van der Waals surface area contributed by atoms with Crippen molar-refractivity contribution in [2.24, 2.45) is 0 Å². The van der Waals surface area contributed by atoms with Gasteiger partial charge in [-0.3, -0.25) is 9.78 Å². The standard InChI is InChI=1S/C8H6N2O.ClH/c11-8-7-5-9-3-1-6(7)2-4-10-8;/h1-5H,(H,10,11);1H. The largest absolute Gasteiger partial charge is 0.329 e. The summed E-state index contributed by atoms with van der Waals surface area (Å²) in [5.41, 5.74) is -0.0874. The van der Waals surface area contributed by atoms with Crippen molar-refractivity contribution in [3.8, 4) is 0 Å². The van der Waals surface area contributed by atoms with E-state index in [0.29, 0.717) is 5.39 Å². The molecule has 0 aliphatic heterocycles. The SMILES string of the molecule is Cl.O=c1[nH]ccc2ccncc12. The van der Waals surface area contributed by atoms with Crippen LogP contribution in [-0.2, 0) is 0 Å². The smallest absolute Gasteiger partial charge is 0.257 e. The molecular weight excluding hydrogens is 176 g/mol. The zero-order chi connectivity index (χ0) is 7.68. The van der Waals surface area contributed by atoms with Gasteiger partial charge in [-0.05, 0) is 17.5 Å². The molecule has 12 heavy (non-hydrogen) atoms. The number of H-pyrrole nitrogens is 1. The summed E-state index contributed by atoms with van der Waals surface area (Å²) in [5, 5.41) is 1.55. The third-order valence-corrected chi connectivity index (χ3v) is 1.58. The number of hydrogen-bond donors (Lipinski definition) is 1. The molecule has 0 atom stereocenters. The Labute approximate surface area is 74.9 Å². The van der Waals surface area contributed by atoms with E-state index >= 15 is 0 Å². The number of rotatable bonds is 0. The van der Waals surface area contributed by atoms with Crippen molar-refractivity contribution >= 4 is 23.2 Å². The molecule has 4 heteroatoms. The van der Waals surface area contributed by atoms with Crippen LogP contribution >= 0.6 is 12.4 Å². The summed E-state index contributed by atoms with van der Waals surface area (Å²) in [7, 11) is 0. The monoisotopic (exact) mass is 182 g/mol. The first kappa shape index (κ1) is 8.74. The van der Waals surface area contributed by atoms with E-state index in [1.807, 2.05) is 12.1 Å². The van der Waals surface area contributed by atoms with Crippen molar-refractivity contribution in [2.75, 3.05) is 0 Å². The van der Waals surface area contributed by atoms with Gasteiger partial charge in [0.15, 0.2) is 0 Å². The van der Waals surface area contributed by atoms with Crippen LogP contribution in [0.4, 0.5) is 0 Å². The second kappa shape index (κ2) is 3.36. The summed E-state index contributed by atoms with van der Waals surface area (Å²) >= 11 is 0. The average molecular weight is 183 g/mol. The highest BCUT2D eigenvalue weighted by Gasteiger charge is 1.93. The second-order valence-electron chi connectivity index (χ2n) is 2.27. The predicted octanol–water partition coefficient (Wildman–Crippen LogP) is 1.34. The van der Waals surface area contributed by atoms with Gasteiger partial charge in [0, 0.05) is 18.6 Å². The molecule has 2 rings (SSSR count). The Balaban J connectivity index is 0.000000720.